The smallest absolute Gasteiger partial charge is 0.00958 e. The predicted octanol–water partition coefficient (Wildman–Crippen LogP) is 2.33. The Kier molecular flexibility index (Phi) is 4.03. The molecule has 0 bridgehead atoms. The third-order valence-electron chi connectivity index (χ3n) is 0.854. The van der Waals surface area contributed by atoms with E-state index >= 15 is 0 Å². The molecule has 0 saturated carbocycles. The highest BCUT2D eigenvalue weighted by Crippen LogP contribution is 2.00. The highest BCUT2D eigenvalue weighted by molar-refractivity contribution is 7.36. The van der Waals surface area contributed by atoms with Crippen molar-refractivity contribution in [1.82, 2.24) is 0 Å². The molecule has 0 amide bonds. The lowest BCUT2D eigenvalue weighted by Crippen LogP contribution is -1.71. The van der Waals surface area contributed by atoms with Crippen LogP contribution in [0.15, 0.2) is 11.6 Å². The molecule has 1 heteroatoms. The van der Waals surface area contributed by atoms with E-state index in [1.165, 1.54) is 13.8 Å². The number of allylic oxidation sites excluding steroid dienone is 2. The first-order valence-electron chi connectivity index (χ1n) is 2.35. The normalized spacial score (nSPS) is 12.6. The Morgan fingerprint density at radius 2 is 2.43 bits per heavy atom. The molecule has 0 nitrogen and oxygen atoms in total. The average molecular weight is 114 g/mol. The van der Waals surface area contributed by atoms with Crippen LogP contribution in [-0.2, 0) is 0 Å². The molecule has 0 heterocycles. The maximum atomic E-state index is 3.70. The highest BCUT2D eigenvalue weighted by atomic mass is 31.1. The van der Waals surface area contributed by atoms with Crippen LogP contribution >= 0.6 is 8.20 Å². The topological polar surface area (TPSA) is 0 Å². The molecule has 0 atom stereocenters. The maximum absolute atomic E-state index is 3.70. The maximum Gasteiger partial charge on any atom is 0.00958 e. The molecule has 0 spiro atoms. The van der Waals surface area contributed by atoms with Gasteiger partial charge in [-0.25, -0.2) is 0 Å². The Bertz CT molecular complexity index is 82.2. The molecule has 0 aliphatic rings. The van der Waals surface area contributed by atoms with Gasteiger partial charge in [-0.2, -0.15) is 0 Å². The molecule has 0 N–H and O–H groups in total. The van der Waals surface area contributed by atoms with Crippen molar-refractivity contribution in [2.75, 3.05) is 6.16 Å². The van der Waals surface area contributed by atoms with Crippen molar-refractivity contribution in [2.45, 2.75) is 13.8 Å². The van der Waals surface area contributed by atoms with E-state index in [4.69, 9.17) is 0 Å². The summed E-state index contributed by atoms with van der Waals surface area (Å²) < 4.78 is 0. The summed E-state index contributed by atoms with van der Waals surface area (Å²) in [7, 11) is 1.22. The van der Waals surface area contributed by atoms with Crippen molar-refractivity contribution < 1.29 is 0 Å². The Labute approximate surface area is 47.0 Å². The summed E-state index contributed by atoms with van der Waals surface area (Å²) in [5.74, 6) is 0. The molecule has 0 aliphatic heterocycles. The fourth-order valence-electron chi connectivity index (χ4n) is 0.268. The van der Waals surface area contributed by atoms with Gasteiger partial charge in [0.2, 0.25) is 0 Å². The largest absolute Gasteiger partial charge is 0.108 e. The molecular formula is C6H11P. The summed E-state index contributed by atoms with van der Waals surface area (Å²) in [6.07, 6.45) is 6.95. The standard InChI is InChI=1S/C6H11P/c1-4-6(2)5-7-3/h4H,3,5H2,1-2H3. The molecule has 0 fully saturated rings. The lowest BCUT2D eigenvalue weighted by atomic mass is 10.3. The summed E-state index contributed by atoms with van der Waals surface area (Å²) in [5.41, 5.74) is 1.43. The van der Waals surface area contributed by atoms with Crippen molar-refractivity contribution >= 4 is 14.5 Å². The number of rotatable bonds is 2. The first kappa shape index (κ1) is 6.91. The van der Waals surface area contributed by atoms with Gasteiger partial charge in [-0.15, -0.1) is 8.20 Å². The van der Waals surface area contributed by atoms with Gasteiger partial charge in [0, 0.05) is 6.16 Å². The minimum Gasteiger partial charge on any atom is -0.108 e. The average Bonchev–Trinajstić information content (AvgIpc) is 1.68. The van der Waals surface area contributed by atoms with Crippen LogP contribution in [0.25, 0.3) is 0 Å². The highest BCUT2D eigenvalue weighted by Gasteiger charge is 1.76. The molecule has 0 aromatic heterocycles. The first-order valence-corrected chi connectivity index (χ1v) is 3.62. The zero-order valence-corrected chi connectivity index (χ0v) is 5.83. The number of hydrogen-bond donors (Lipinski definition) is 0. The summed E-state index contributed by atoms with van der Waals surface area (Å²) >= 11 is 0. The van der Waals surface area contributed by atoms with Crippen LogP contribution in [0.5, 0.6) is 0 Å². The fraction of sp³-hybridized carbons (Fsp3) is 0.500. The molecule has 0 aliphatic carbocycles. The lowest BCUT2D eigenvalue weighted by Gasteiger charge is -1.86. The molecule has 0 saturated heterocycles. The van der Waals surface area contributed by atoms with Crippen LogP contribution in [0.1, 0.15) is 13.8 Å². The zero-order valence-electron chi connectivity index (χ0n) is 4.94. The fourth-order valence-corrected chi connectivity index (χ4v) is 0.803. The first-order chi connectivity index (χ1) is 3.31. The van der Waals surface area contributed by atoms with E-state index in [0.29, 0.717) is 0 Å². The molecule has 0 rings (SSSR count). The molecule has 0 radical (unpaired) electrons. The van der Waals surface area contributed by atoms with E-state index in [1.54, 1.807) is 0 Å². The van der Waals surface area contributed by atoms with Gasteiger partial charge in [-0.3, -0.25) is 0 Å². The van der Waals surface area contributed by atoms with Crippen molar-refractivity contribution in [3.05, 3.63) is 11.6 Å². The molecule has 0 unspecified atom stereocenters. The summed E-state index contributed by atoms with van der Waals surface area (Å²) in [6, 6.07) is 0. The molecular weight excluding hydrogens is 103 g/mol. The third kappa shape index (κ3) is 3.75. The monoisotopic (exact) mass is 114 g/mol. The zero-order chi connectivity index (χ0) is 5.70. The SMILES string of the molecule is C=PCC(C)=CC. The van der Waals surface area contributed by atoms with Gasteiger partial charge in [0.25, 0.3) is 0 Å². The molecule has 7 heavy (non-hydrogen) atoms. The Morgan fingerprint density at radius 1 is 1.86 bits per heavy atom. The minimum atomic E-state index is 1.12. The van der Waals surface area contributed by atoms with Gasteiger partial charge < -0.3 is 0 Å². The third-order valence-corrected chi connectivity index (χ3v) is 1.58. The Morgan fingerprint density at radius 3 is 2.57 bits per heavy atom. The molecule has 0 aromatic rings. The van der Waals surface area contributed by atoms with E-state index in [-0.39, 0.29) is 0 Å². The van der Waals surface area contributed by atoms with Crippen molar-refractivity contribution in [2.24, 2.45) is 0 Å². The molecule has 40 valence electrons. The van der Waals surface area contributed by atoms with Crippen LogP contribution in [0.4, 0.5) is 0 Å². The van der Waals surface area contributed by atoms with Gasteiger partial charge in [-0.1, -0.05) is 17.9 Å². The van der Waals surface area contributed by atoms with Crippen molar-refractivity contribution in [3.8, 4) is 0 Å². The van der Waals surface area contributed by atoms with Crippen molar-refractivity contribution in [1.29, 1.82) is 0 Å². The van der Waals surface area contributed by atoms with Gasteiger partial charge in [0.1, 0.15) is 0 Å². The summed E-state index contributed by atoms with van der Waals surface area (Å²) in [5, 5.41) is 0. The Balaban J connectivity index is 3.36. The lowest BCUT2D eigenvalue weighted by molar-refractivity contribution is 1.38. The van der Waals surface area contributed by atoms with E-state index in [9.17, 15) is 0 Å². The second-order valence-corrected chi connectivity index (χ2v) is 2.28. The van der Waals surface area contributed by atoms with E-state index in [2.05, 4.69) is 26.2 Å². The van der Waals surface area contributed by atoms with Crippen LogP contribution in [-0.4, -0.2) is 12.5 Å². The van der Waals surface area contributed by atoms with E-state index in [0.717, 1.165) is 6.16 Å². The molecule has 0 aromatic carbocycles. The second-order valence-electron chi connectivity index (χ2n) is 1.52. The van der Waals surface area contributed by atoms with Crippen LogP contribution in [0.2, 0.25) is 0 Å². The van der Waals surface area contributed by atoms with Gasteiger partial charge in [-0.05, 0) is 13.8 Å². The number of hydrogen-bond acceptors (Lipinski definition) is 0. The van der Waals surface area contributed by atoms with Crippen LogP contribution in [0.3, 0.4) is 0 Å². The van der Waals surface area contributed by atoms with Crippen LogP contribution in [0, 0.1) is 0 Å². The van der Waals surface area contributed by atoms with E-state index < -0.39 is 0 Å². The Hall–Kier alpha value is -0.0900. The second kappa shape index (κ2) is 4.08. The summed E-state index contributed by atoms with van der Waals surface area (Å²) in [4.78, 5) is 0. The van der Waals surface area contributed by atoms with Crippen molar-refractivity contribution in [3.63, 3.8) is 0 Å². The van der Waals surface area contributed by atoms with Gasteiger partial charge in [0.15, 0.2) is 0 Å². The quantitative estimate of drug-likeness (QED) is 0.381. The predicted molar refractivity (Wildman–Crippen MR) is 38.3 cm³/mol. The van der Waals surface area contributed by atoms with Gasteiger partial charge in [0.05, 0.1) is 0 Å². The van der Waals surface area contributed by atoms with Gasteiger partial charge >= 0.3 is 0 Å². The van der Waals surface area contributed by atoms with E-state index in [1.807, 2.05) is 0 Å². The summed E-state index contributed by atoms with van der Waals surface area (Å²) in [6.45, 7) is 4.18. The van der Waals surface area contributed by atoms with Crippen LogP contribution < -0.4 is 0 Å². The minimum absolute atomic E-state index is 1.12.